The molecule has 0 aliphatic carbocycles. The Labute approximate surface area is 57.8 Å². The Kier molecular flexibility index (Phi) is 8.44. The largest absolute Gasteiger partial charge is 0.466 e. The summed E-state index contributed by atoms with van der Waals surface area (Å²) in [7, 11) is -4.64. The van der Waals surface area contributed by atoms with E-state index in [1.807, 2.05) is 0 Å². The van der Waals surface area contributed by atoms with E-state index in [-0.39, 0.29) is 0 Å². The van der Waals surface area contributed by atoms with Crippen LogP contribution in [0.2, 0.25) is 5.02 Å². The zero-order valence-electron chi connectivity index (χ0n) is 4.61. The number of hydrogen-bond acceptors (Lipinski definition) is 1. The van der Waals surface area contributed by atoms with Gasteiger partial charge in [-0.15, -0.1) is 0 Å². The predicted molar refractivity (Wildman–Crippen MR) is 24.7 cm³/mol. The van der Waals surface area contributed by atoms with Crippen molar-refractivity contribution in [3.8, 4) is 0 Å². The summed E-state index contributed by atoms with van der Waals surface area (Å²) >= 11 is 1.44. The average Bonchev–Trinajstić information content (AvgIpc) is 1.27. The Morgan fingerprint density at radius 3 is 1.50 bits per heavy atom. The monoisotopic (exact) mass is 191 g/mol. The van der Waals surface area contributed by atoms with Crippen LogP contribution < -0.4 is 0 Å². The van der Waals surface area contributed by atoms with Gasteiger partial charge in [0.1, 0.15) is 0 Å². The Morgan fingerprint density at radius 2 is 1.50 bits per heavy atom. The maximum Gasteiger partial charge on any atom is 0.466 e. The van der Waals surface area contributed by atoms with E-state index in [2.05, 4.69) is 6.92 Å². The van der Waals surface area contributed by atoms with Crippen LogP contribution in [0.4, 0.5) is 0 Å². The van der Waals surface area contributed by atoms with Gasteiger partial charge in [-0.3, -0.25) is 0 Å². The summed E-state index contributed by atoms with van der Waals surface area (Å²) < 4.78 is 8.88. The smallest absolute Gasteiger partial charge is 0.303 e. The van der Waals surface area contributed by atoms with E-state index >= 15 is 0 Å². The second kappa shape index (κ2) is 5.86. The molecule has 8 heavy (non-hydrogen) atoms. The van der Waals surface area contributed by atoms with E-state index in [4.69, 9.17) is 19.2 Å². The maximum absolute atomic E-state index is 8.88. The van der Waals surface area contributed by atoms with E-state index in [1.54, 1.807) is 0 Å². The second-order valence-electron chi connectivity index (χ2n) is 1.01. The van der Waals surface area contributed by atoms with Gasteiger partial charge in [0.15, 0.2) is 0 Å². The molecule has 0 aromatic rings. The van der Waals surface area contributed by atoms with Gasteiger partial charge >= 0.3 is 38.1 Å². The SMILES string of the molecule is C[CH2][Zn].O=P(O)(O)O. The van der Waals surface area contributed by atoms with Gasteiger partial charge in [0.05, 0.1) is 0 Å². The van der Waals surface area contributed by atoms with Crippen LogP contribution in [0.3, 0.4) is 0 Å². The van der Waals surface area contributed by atoms with Gasteiger partial charge < -0.3 is 14.7 Å². The van der Waals surface area contributed by atoms with Crippen molar-refractivity contribution in [3.05, 3.63) is 0 Å². The van der Waals surface area contributed by atoms with Crippen molar-refractivity contribution in [3.63, 3.8) is 0 Å². The minimum absolute atomic E-state index is 1.38. The van der Waals surface area contributed by atoms with Crippen LogP contribution in [0.1, 0.15) is 6.92 Å². The van der Waals surface area contributed by atoms with Crippen LogP contribution in [-0.2, 0) is 22.9 Å². The van der Waals surface area contributed by atoms with Gasteiger partial charge in [-0.05, 0) is 0 Å². The molecule has 0 atom stereocenters. The van der Waals surface area contributed by atoms with Crippen LogP contribution >= 0.6 is 7.82 Å². The predicted octanol–water partition coefficient (Wildman–Crippen LogP) is 0.0428. The molecule has 0 spiro atoms. The van der Waals surface area contributed by atoms with Crippen LogP contribution in [0.5, 0.6) is 0 Å². The van der Waals surface area contributed by atoms with Crippen LogP contribution in [0.15, 0.2) is 0 Å². The minimum Gasteiger partial charge on any atom is -0.303 e. The van der Waals surface area contributed by atoms with Gasteiger partial charge in [0.25, 0.3) is 0 Å². The zero-order chi connectivity index (χ0) is 7.21. The first-order valence-electron chi connectivity index (χ1n) is 1.99. The fourth-order valence-corrected chi connectivity index (χ4v) is 0. The third-order valence-corrected chi connectivity index (χ3v) is 0. The summed E-state index contributed by atoms with van der Waals surface area (Å²) in [5.74, 6) is 0. The molecular weight excluding hydrogens is 184 g/mol. The fourth-order valence-electron chi connectivity index (χ4n) is 0. The van der Waals surface area contributed by atoms with Gasteiger partial charge in [-0.1, -0.05) is 0 Å². The Bertz CT molecular complexity index is 69.8. The zero-order valence-corrected chi connectivity index (χ0v) is 8.47. The molecule has 47 valence electrons. The second-order valence-corrected chi connectivity index (χ2v) is 4.14. The molecule has 0 aliphatic rings. The van der Waals surface area contributed by atoms with Crippen molar-refractivity contribution in [2.75, 3.05) is 0 Å². The van der Waals surface area contributed by atoms with Gasteiger partial charge in [0, 0.05) is 0 Å². The molecule has 0 bridgehead atoms. The molecule has 0 aromatic heterocycles. The van der Waals surface area contributed by atoms with Crippen molar-refractivity contribution < 1.29 is 37.5 Å². The Hall–Kier alpha value is 0.733. The van der Waals surface area contributed by atoms with Crippen molar-refractivity contribution in [2.45, 2.75) is 11.9 Å². The van der Waals surface area contributed by atoms with Crippen molar-refractivity contribution in [1.29, 1.82) is 0 Å². The molecule has 0 heterocycles. The Morgan fingerprint density at radius 1 is 1.50 bits per heavy atom. The molecule has 0 aromatic carbocycles. The normalized spacial score (nSPS) is 9.75. The number of phosphoric acid groups is 1. The number of hydrogen-bond donors (Lipinski definition) is 3. The number of rotatable bonds is 0. The molecule has 0 saturated carbocycles. The van der Waals surface area contributed by atoms with E-state index in [9.17, 15) is 0 Å². The quantitative estimate of drug-likeness (QED) is 0.374. The van der Waals surface area contributed by atoms with Crippen LogP contribution in [0, 0.1) is 0 Å². The minimum atomic E-state index is -4.64. The van der Waals surface area contributed by atoms with Crippen LogP contribution in [-0.4, -0.2) is 14.7 Å². The summed E-state index contributed by atoms with van der Waals surface area (Å²) in [5, 5.41) is 1.38. The average molecular weight is 192 g/mol. The molecule has 0 unspecified atom stereocenters. The topological polar surface area (TPSA) is 77.8 Å². The van der Waals surface area contributed by atoms with E-state index < -0.39 is 7.82 Å². The summed E-state index contributed by atoms with van der Waals surface area (Å²) in [4.78, 5) is 21.6. The molecule has 3 N–H and O–H groups in total. The molecule has 6 heteroatoms. The third-order valence-electron chi connectivity index (χ3n) is 0. The summed E-state index contributed by atoms with van der Waals surface area (Å²) in [6.07, 6.45) is 0. The standard InChI is InChI=1S/C2H5.H3O4P.Zn/c1-2;1-5(2,3)4;/h1H2,2H3;(H3,1,2,3,4);. The van der Waals surface area contributed by atoms with E-state index in [1.165, 1.54) is 23.3 Å². The Balaban J connectivity index is 0. The molecule has 0 fully saturated rings. The summed E-state index contributed by atoms with van der Waals surface area (Å²) in [6, 6.07) is 0. The van der Waals surface area contributed by atoms with Crippen molar-refractivity contribution in [2.24, 2.45) is 0 Å². The first-order valence-corrected chi connectivity index (χ1v) is 5.65. The van der Waals surface area contributed by atoms with Gasteiger partial charge in [-0.25, -0.2) is 4.57 Å². The van der Waals surface area contributed by atoms with Crippen molar-refractivity contribution >= 4 is 7.82 Å². The van der Waals surface area contributed by atoms with Gasteiger partial charge in [-0.2, -0.15) is 0 Å². The van der Waals surface area contributed by atoms with E-state index in [0.29, 0.717) is 0 Å². The summed E-state index contributed by atoms with van der Waals surface area (Å²) in [5.41, 5.74) is 0. The van der Waals surface area contributed by atoms with E-state index in [0.717, 1.165) is 0 Å². The molecule has 4 nitrogen and oxygen atoms in total. The molecule has 0 rings (SSSR count). The molecule has 0 amide bonds. The molecular formula is C2H8O4PZn. The fraction of sp³-hybridized carbons (Fsp3) is 1.00. The first kappa shape index (κ1) is 11.5. The summed E-state index contributed by atoms with van der Waals surface area (Å²) in [6.45, 7) is 2.18. The first-order chi connectivity index (χ1) is 3.41. The molecule has 0 aliphatic heterocycles. The molecule has 0 radical (unpaired) electrons. The van der Waals surface area contributed by atoms with Crippen LogP contribution in [0.25, 0.3) is 0 Å². The maximum atomic E-state index is 8.88. The van der Waals surface area contributed by atoms with Crippen molar-refractivity contribution in [1.82, 2.24) is 0 Å². The third kappa shape index (κ3) is 412. The molecule has 0 saturated heterocycles. The van der Waals surface area contributed by atoms with Gasteiger partial charge in [0.2, 0.25) is 0 Å².